The summed E-state index contributed by atoms with van der Waals surface area (Å²) in [6.45, 7) is 6.69. The predicted octanol–water partition coefficient (Wildman–Crippen LogP) is 4.04. The van der Waals surface area contributed by atoms with E-state index in [-0.39, 0.29) is 24.0 Å². The zero-order valence-electron chi connectivity index (χ0n) is 18.0. The molecule has 1 saturated carbocycles. The van der Waals surface area contributed by atoms with Crippen molar-refractivity contribution in [2.45, 2.75) is 71.5 Å². The molecule has 1 aliphatic rings. The van der Waals surface area contributed by atoms with E-state index in [1.807, 2.05) is 0 Å². The summed E-state index contributed by atoms with van der Waals surface area (Å²) in [5.74, 6) is 2.02. The number of halogens is 1. The molecule has 6 nitrogen and oxygen atoms in total. The molecule has 2 aromatic rings. The minimum absolute atomic E-state index is 0. The van der Waals surface area contributed by atoms with Crippen LogP contribution in [0.25, 0.3) is 0 Å². The Morgan fingerprint density at radius 2 is 1.83 bits per heavy atom. The van der Waals surface area contributed by atoms with Crippen LogP contribution >= 0.6 is 24.0 Å². The molecule has 0 aliphatic heterocycles. The van der Waals surface area contributed by atoms with Crippen molar-refractivity contribution >= 4 is 29.9 Å². The molecule has 29 heavy (non-hydrogen) atoms. The van der Waals surface area contributed by atoms with Gasteiger partial charge in [0, 0.05) is 32.6 Å². The van der Waals surface area contributed by atoms with Gasteiger partial charge in [0.25, 0.3) is 0 Å². The summed E-state index contributed by atoms with van der Waals surface area (Å²) >= 11 is 0. The Balaban J connectivity index is 0.00000300. The molecule has 1 N–H and O–H groups in total. The smallest absolute Gasteiger partial charge is 0.194 e. The largest absolute Gasteiger partial charge is 0.354 e. The Hall–Kier alpha value is -1.64. The van der Waals surface area contributed by atoms with Gasteiger partial charge in [0.1, 0.15) is 12.2 Å². The van der Waals surface area contributed by atoms with Crippen molar-refractivity contribution in [2.24, 2.45) is 4.99 Å². The first-order chi connectivity index (χ1) is 13.7. The van der Waals surface area contributed by atoms with Gasteiger partial charge in [0.2, 0.25) is 0 Å². The summed E-state index contributed by atoms with van der Waals surface area (Å²) in [6, 6.07) is 9.45. The van der Waals surface area contributed by atoms with Crippen molar-refractivity contribution in [2.75, 3.05) is 13.6 Å². The Kier molecular flexibility index (Phi) is 9.90. The highest BCUT2D eigenvalue weighted by molar-refractivity contribution is 14.0. The lowest BCUT2D eigenvalue weighted by molar-refractivity contribution is 0.456. The lowest BCUT2D eigenvalue weighted by Crippen LogP contribution is -2.43. The number of aliphatic imine (C=N–C) groups is 1. The fraction of sp³-hybridized carbons (Fsp3) is 0.591. The van der Waals surface area contributed by atoms with Gasteiger partial charge in [-0.1, -0.05) is 51.0 Å². The number of hydrogen-bond donors (Lipinski definition) is 1. The number of hydrogen-bond acceptors (Lipinski definition) is 3. The van der Waals surface area contributed by atoms with Crippen molar-refractivity contribution in [1.29, 1.82) is 0 Å². The quantitative estimate of drug-likeness (QED) is 0.331. The minimum Gasteiger partial charge on any atom is -0.354 e. The van der Waals surface area contributed by atoms with Gasteiger partial charge in [-0.15, -0.1) is 34.2 Å². The Morgan fingerprint density at radius 1 is 1.14 bits per heavy atom. The molecule has 0 saturated heterocycles. The first-order valence-electron chi connectivity index (χ1n) is 10.7. The van der Waals surface area contributed by atoms with Gasteiger partial charge >= 0.3 is 0 Å². The van der Waals surface area contributed by atoms with E-state index in [1.54, 1.807) is 6.33 Å². The van der Waals surface area contributed by atoms with E-state index < -0.39 is 0 Å². The molecule has 0 unspecified atom stereocenters. The molecule has 7 heteroatoms. The first kappa shape index (κ1) is 23.6. The predicted molar refractivity (Wildman–Crippen MR) is 130 cm³/mol. The van der Waals surface area contributed by atoms with Crippen LogP contribution in [0, 0.1) is 0 Å². The van der Waals surface area contributed by atoms with E-state index in [0.717, 1.165) is 44.3 Å². The summed E-state index contributed by atoms with van der Waals surface area (Å²) < 4.78 is 2.10. The monoisotopic (exact) mass is 510 g/mol. The number of nitrogens with zero attached hydrogens (tertiary/aromatic N) is 5. The van der Waals surface area contributed by atoms with Crippen LogP contribution in [0.4, 0.5) is 0 Å². The van der Waals surface area contributed by atoms with Crippen molar-refractivity contribution in [3.05, 3.63) is 47.5 Å². The molecule has 1 fully saturated rings. The lowest BCUT2D eigenvalue weighted by atomic mass is 10.1. The average Bonchev–Trinajstić information content (AvgIpc) is 3.39. The summed E-state index contributed by atoms with van der Waals surface area (Å²) in [4.78, 5) is 7.16. The number of guanidine groups is 1. The minimum atomic E-state index is 0. The third-order valence-corrected chi connectivity index (χ3v) is 5.52. The van der Waals surface area contributed by atoms with E-state index in [2.05, 4.69) is 70.1 Å². The van der Waals surface area contributed by atoms with Crippen LogP contribution in [0.1, 0.15) is 56.5 Å². The fourth-order valence-electron chi connectivity index (χ4n) is 3.76. The molecule has 160 valence electrons. The highest BCUT2D eigenvalue weighted by Crippen LogP contribution is 2.18. The SMILES string of the molecule is CCc1ccc(CN(C)C(=NCCn2cnnc2CC)NC2CCCC2)cc1.I. The van der Waals surface area contributed by atoms with Gasteiger partial charge < -0.3 is 14.8 Å². The number of aromatic nitrogens is 3. The van der Waals surface area contributed by atoms with Crippen LogP contribution < -0.4 is 5.32 Å². The second-order valence-corrected chi connectivity index (χ2v) is 7.65. The molecular weight excluding hydrogens is 475 g/mol. The second-order valence-electron chi connectivity index (χ2n) is 7.65. The van der Waals surface area contributed by atoms with Crippen LogP contribution in [0.15, 0.2) is 35.6 Å². The van der Waals surface area contributed by atoms with Crippen LogP contribution in [-0.2, 0) is 25.9 Å². The molecular formula is C22H35IN6. The average molecular weight is 510 g/mol. The normalized spacial score (nSPS) is 14.7. The zero-order chi connectivity index (χ0) is 19.8. The van der Waals surface area contributed by atoms with Gasteiger partial charge in [-0.25, -0.2) is 0 Å². The maximum absolute atomic E-state index is 4.92. The molecule has 0 spiro atoms. The van der Waals surface area contributed by atoms with Crippen LogP contribution in [-0.4, -0.2) is 45.3 Å². The van der Waals surface area contributed by atoms with E-state index in [9.17, 15) is 0 Å². The van der Waals surface area contributed by atoms with E-state index in [0.29, 0.717) is 6.04 Å². The Labute approximate surface area is 192 Å². The second kappa shape index (κ2) is 12.1. The van der Waals surface area contributed by atoms with Crippen molar-refractivity contribution in [3.8, 4) is 0 Å². The number of benzene rings is 1. The molecule has 0 amide bonds. The number of nitrogens with one attached hydrogen (secondary N) is 1. The third-order valence-electron chi connectivity index (χ3n) is 5.52. The summed E-state index contributed by atoms with van der Waals surface area (Å²) in [5, 5.41) is 11.9. The van der Waals surface area contributed by atoms with Gasteiger partial charge in [-0.2, -0.15) is 0 Å². The van der Waals surface area contributed by atoms with Gasteiger partial charge in [-0.05, 0) is 30.4 Å². The van der Waals surface area contributed by atoms with Crippen molar-refractivity contribution in [3.63, 3.8) is 0 Å². The van der Waals surface area contributed by atoms with Crippen LogP contribution in [0.2, 0.25) is 0 Å². The Bertz CT molecular complexity index is 749. The zero-order valence-corrected chi connectivity index (χ0v) is 20.3. The van der Waals surface area contributed by atoms with Crippen LogP contribution in [0.5, 0.6) is 0 Å². The van der Waals surface area contributed by atoms with Crippen LogP contribution in [0.3, 0.4) is 0 Å². The highest BCUT2D eigenvalue weighted by atomic mass is 127. The number of aryl methyl sites for hydroxylation is 2. The summed E-state index contributed by atoms with van der Waals surface area (Å²) in [6.07, 6.45) is 8.88. The topological polar surface area (TPSA) is 58.3 Å². The highest BCUT2D eigenvalue weighted by Gasteiger charge is 2.18. The molecule has 3 rings (SSSR count). The van der Waals surface area contributed by atoms with Crippen molar-refractivity contribution < 1.29 is 0 Å². The van der Waals surface area contributed by atoms with Gasteiger partial charge in [0.15, 0.2) is 5.96 Å². The molecule has 1 aromatic carbocycles. The summed E-state index contributed by atoms with van der Waals surface area (Å²) in [5.41, 5.74) is 2.69. The fourth-order valence-corrected chi connectivity index (χ4v) is 3.76. The standard InChI is InChI=1S/C22H34N6.HI/c1-4-18-10-12-19(13-11-18)16-27(3)22(25-20-8-6-7-9-20)23-14-15-28-17-24-26-21(28)5-2;/h10-13,17,20H,4-9,14-16H2,1-3H3,(H,23,25);1H. The van der Waals surface area contributed by atoms with Crippen molar-refractivity contribution in [1.82, 2.24) is 25.0 Å². The van der Waals surface area contributed by atoms with Gasteiger partial charge in [0.05, 0.1) is 6.54 Å². The van der Waals surface area contributed by atoms with E-state index in [1.165, 1.54) is 36.8 Å². The maximum atomic E-state index is 4.92. The third kappa shape index (κ3) is 6.97. The Morgan fingerprint density at radius 3 is 2.48 bits per heavy atom. The molecule has 1 aliphatic carbocycles. The molecule has 0 bridgehead atoms. The molecule has 0 radical (unpaired) electrons. The van der Waals surface area contributed by atoms with E-state index >= 15 is 0 Å². The summed E-state index contributed by atoms with van der Waals surface area (Å²) in [7, 11) is 2.13. The van der Waals surface area contributed by atoms with Gasteiger partial charge in [-0.3, -0.25) is 4.99 Å². The molecule has 0 atom stereocenters. The van der Waals surface area contributed by atoms with E-state index in [4.69, 9.17) is 4.99 Å². The molecule has 1 aromatic heterocycles. The first-order valence-corrected chi connectivity index (χ1v) is 10.7. The molecule has 1 heterocycles. The number of rotatable bonds is 8. The lowest BCUT2D eigenvalue weighted by Gasteiger charge is -2.25. The maximum Gasteiger partial charge on any atom is 0.194 e.